The molecule has 2 fully saturated rings. The summed E-state index contributed by atoms with van der Waals surface area (Å²) in [6.45, 7) is 9.13. The highest BCUT2D eigenvalue weighted by Crippen LogP contribution is 2.55. The monoisotopic (exact) mass is 342 g/mol. The van der Waals surface area contributed by atoms with Gasteiger partial charge in [0.2, 0.25) is 0 Å². The standard InChI is InChI=1S/C20H28N3O2/c1-12(2)19-18-14-5-6-15(11-14)20(18)22(21(19)13(3)4)16-7-9-17(10-8-16)23(24)25/h7-10,12-15,18,20H,5-6,11H2,1-4H3/q+1/t14-,15+,18-,20-/m1/s1. The molecule has 0 spiro atoms. The van der Waals surface area contributed by atoms with Gasteiger partial charge in [0.05, 0.1) is 16.5 Å². The highest BCUT2D eigenvalue weighted by Gasteiger charge is 2.62. The Kier molecular flexibility index (Phi) is 3.85. The largest absolute Gasteiger partial charge is 0.269 e. The fourth-order valence-electron chi connectivity index (χ4n) is 5.67. The highest BCUT2D eigenvalue weighted by atomic mass is 16.6. The Labute approximate surface area is 149 Å². The number of benzene rings is 1. The Morgan fingerprint density at radius 2 is 1.76 bits per heavy atom. The molecule has 5 nitrogen and oxygen atoms in total. The molecule has 1 aromatic rings. The molecule has 2 aliphatic carbocycles. The number of nitro benzene ring substituents is 1. The quantitative estimate of drug-likeness (QED) is 0.466. The van der Waals surface area contributed by atoms with Crippen molar-refractivity contribution in [2.24, 2.45) is 23.7 Å². The first-order valence-corrected chi connectivity index (χ1v) is 9.59. The van der Waals surface area contributed by atoms with E-state index in [1.165, 1.54) is 19.3 Å². The van der Waals surface area contributed by atoms with Crippen LogP contribution in [0.5, 0.6) is 0 Å². The zero-order chi connectivity index (χ0) is 17.9. The van der Waals surface area contributed by atoms with Gasteiger partial charge in [0.1, 0.15) is 6.04 Å². The van der Waals surface area contributed by atoms with Gasteiger partial charge in [0.15, 0.2) is 11.8 Å². The van der Waals surface area contributed by atoms with E-state index in [-0.39, 0.29) is 10.6 Å². The number of hydrogen-bond donors (Lipinski definition) is 0. The average molecular weight is 342 g/mol. The maximum absolute atomic E-state index is 11.0. The van der Waals surface area contributed by atoms with E-state index in [9.17, 15) is 10.1 Å². The maximum Gasteiger partial charge on any atom is 0.269 e. The normalized spacial score (nSPS) is 30.7. The third-order valence-corrected chi connectivity index (χ3v) is 6.40. The maximum atomic E-state index is 11.0. The Morgan fingerprint density at radius 3 is 2.32 bits per heavy atom. The van der Waals surface area contributed by atoms with Crippen LogP contribution in [0.3, 0.4) is 0 Å². The van der Waals surface area contributed by atoms with Gasteiger partial charge in [-0.1, -0.05) is 13.8 Å². The second-order valence-electron chi connectivity index (χ2n) is 8.49. The van der Waals surface area contributed by atoms with Gasteiger partial charge >= 0.3 is 0 Å². The zero-order valence-electron chi connectivity index (χ0n) is 15.6. The third kappa shape index (κ3) is 2.39. The molecule has 3 aliphatic rings. The molecule has 0 saturated heterocycles. The lowest BCUT2D eigenvalue weighted by molar-refractivity contribution is -0.570. The molecule has 1 aliphatic heterocycles. The lowest BCUT2D eigenvalue weighted by Gasteiger charge is -2.29. The van der Waals surface area contributed by atoms with Crippen LogP contribution in [0.4, 0.5) is 11.4 Å². The van der Waals surface area contributed by atoms with Crippen LogP contribution in [0.2, 0.25) is 0 Å². The minimum atomic E-state index is -0.319. The van der Waals surface area contributed by atoms with Crippen LogP contribution < -0.4 is 5.01 Å². The van der Waals surface area contributed by atoms with Crippen LogP contribution in [0.1, 0.15) is 47.0 Å². The van der Waals surface area contributed by atoms with Gasteiger partial charge in [-0.3, -0.25) is 10.1 Å². The second kappa shape index (κ2) is 5.82. The van der Waals surface area contributed by atoms with Gasteiger partial charge in [-0.15, -0.1) is 9.69 Å². The van der Waals surface area contributed by atoms with E-state index < -0.39 is 0 Å². The molecule has 5 heteroatoms. The Balaban J connectivity index is 1.82. The van der Waals surface area contributed by atoms with E-state index in [0.29, 0.717) is 23.9 Å². The molecule has 2 bridgehead atoms. The summed E-state index contributed by atoms with van der Waals surface area (Å²) in [5, 5.41) is 13.5. The van der Waals surface area contributed by atoms with Crippen molar-refractivity contribution in [3.8, 4) is 0 Å². The lowest BCUT2D eigenvalue weighted by atomic mass is 9.79. The van der Waals surface area contributed by atoms with E-state index in [1.54, 1.807) is 17.8 Å². The summed E-state index contributed by atoms with van der Waals surface area (Å²) < 4.78 is 2.51. The molecule has 2 saturated carbocycles. The second-order valence-corrected chi connectivity index (χ2v) is 8.49. The SMILES string of the molecule is CC(C)C1=[N+](C(C)C)N(c2ccc([N+](=O)[O-])cc2)[C@@H]2[C@H]3CC[C@H](C3)[C@H]12. The average Bonchev–Trinajstić information content (AvgIpc) is 3.25. The molecule has 25 heavy (non-hydrogen) atoms. The molecule has 1 aromatic carbocycles. The van der Waals surface area contributed by atoms with Crippen LogP contribution in [0, 0.1) is 33.8 Å². The van der Waals surface area contributed by atoms with E-state index in [0.717, 1.165) is 17.5 Å². The van der Waals surface area contributed by atoms with Crippen LogP contribution in [0.25, 0.3) is 0 Å². The third-order valence-electron chi connectivity index (χ3n) is 6.40. The minimum absolute atomic E-state index is 0.164. The summed E-state index contributed by atoms with van der Waals surface area (Å²) in [5.41, 5.74) is 2.83. The molecule has 0 aromatic heterocycles. The summed E-state index contributed by atoms with van der Waals surface area (Å²) in [5.74, 6) is 2.74. The summed E-state index contributed by atoms with van der Waals surface area (Å²) in [6.07, 6.45) is 4.04. The fourth-order valence-corrected chi connectivity index (χ4v) is 5.67. The number of hydrogen-bond acceptors (Lipinski definition) is 3. The van der Waals surface area contributed by atoms with E-state index in [4.69, 9.17) is 0 Å². The van der Waals surface area contributed by atoms with Crippen molar-refractivity contribution >= 4 is 17.1 Å². The van der Waals surface area contributed by atoms with Crippen molar-refractivity contribution in [2.75, 3.05) is 5.01 Å². The first kappa shape index (κ1) is 16.6. The summed E-state index contributed by atoms with van der Waals surface area (Å²) in [7, 11) is 0. The van der Waals surface area contributed by atoms with Crippen LogP contribution in [-0.2, 0) is 0 Å². The van der Waals surface area contributed by atoms with Crippen molar-refractivity contribution < 1.29 is 9.61 Å². The number of nitrogens with zero attached hydrogens (tertiary/aromatic N) is 3. The van der Waals surface area contributed by atoms with E-state index >= 15 is 0 Å². The predicted molar refractivity (Wildman–Crippen MR) is 98.9 cm³/mol. The van der Waals surface area contributed by atoms with Crippen molar-refractivity contribution in [1.82, 2.24) is 0 Å². The first-order chi connectivity index (χ1) is 11.9. The number of non-ortho nitro benzene ring substituents is 1. The van der Waals surface area contributed by atoms with Gasteiger partial charge in [0, 0.05) is 18.1 Å². The Morgan fingerprint density at radius 1 is 1.12 bits per heavy atom. The fraction of sp³-hybridized carbons (Fsp3) is 0.650. The van der Waals surface area contributed by atoms with Gasteiger partial charge in [-0.2, -0.15) is 0 Å². The first-order valence-electron chi connectivity index (χ1n) is 9.59. The number of anilines is 1. The van der Waals surface area contributed by atoms with Crippen molar-refractivity contribution in [3.05, 3.63) is 34.4 Å². The molecule has 0 N–H and O–H groups in total. The van der Waals surface area contributed by atoms with Gasteiger partial charge in [-0.05, 0) is 57.1 Å². The van der Waals surface area contributed by atoms with Crippen molar-refractivity contribution in [1.29, 1.82) is 0 Å². The van der Waals surface area contributed by atoms with E-state index in [2.05, 4.69) is 37.4 Å². The molecule has 0 amide bonds. The zero-order valence-corrected chi connectivity index (χ0v) is 15.6. The Hall–Kier alpha value is -1.91. The number of hydrazone groups is 1. The smallest absolute Gasteiger partial charge is 0.258 e. The molecule has 0 unspecified atom stereocenters. The minimum Gasteiger partial charge on any atom is -0.258 e. The predicted octanol–water partition coefficient (Wildman–Crippen LogP) is 4.26. The molecule has 0 radical (unpaired) electrons. The van der Waals surface area contributed by atoms with Gasteiger partial charge in [-0.25, -0.2) is 0 Å². The van der Waals surface area contributed by atoms with Gasteiger partial charge in [0.25, 0.3) is 5.69 Å². The number of hydrazine groups is 1. The summed E-state index contributed by atoms with van der Waals surface area (Å²) >= 11 is 0. The molecule has 1 heterocycles. The van der Waals surface area contributed by atoms with Crippen molar-refractivity contribution in [3.63, 3.8) is 0 Å². The van der Waals surface area contributed by atoms with Crippen LogP contribution in [-0.4, -0.2) is 27.4 Å². The molecular formula is C20H28N3O2+. The van der Waals surface area contributed by atoms with E-state index in [1.807, 2.05) is 12.1 Å². The van der Waals surface area contributed by atoms with Crippen molar-refractivity contribution in [2.45, 2.75) is 59.0 Å². The number of fused-ring (bicyclic) bond motifs is 5. The van der Waals surface area contributed by atoms with Crippen LogP contribution >= 0.6 is 0 Å². The number of rotatable bonds is 4. The van der Waals surface area contributed by atoms with Crippen LogP contribution in [0.15, 0.2) is 24.3 Å². The summed E-state index contributed by atoms with van der Waals surface area (Å²) in [6, 6.07) is 8.06. The highest BCUT2D eigenvalue weighted by molar-refractivity contribution is 5.88. The Bertz CT molecular complexity index is 723. The molecule has 4 rings (SSSR count). The number of nitro groups is 1. The topological polar surface area (TPSA) is 49.4 Å². The lowest BCUT2D eigenvalue weighted by Crippen LogP contribution is -2.45. The molecule has 4 atom stereocenters. The molecule has 134 valence electrons. The molecular weight excluding hydrogens is 314 g/mol. The summed E-state index contributed by atoms with van der Waals surface area (Å²) in [4.78, 5) is 10.7. The van der Waals surface area contributed by atoms with Gasteiger partial charge < -0.3 is 0 Å².